The minimum atomic E-state index is -2.66. The smallest absolute Gasteiger partial charge is 0.267 e. The van der Waals surface area contributed by atoms with Gasteiger partial charge in [0.1, 0.15) is 5.15 Å². The van der Waals surface area contributed by atoms with Gasteiger partial charge < -0.3 is 5.73 Å². The maximum Gasteiger partial charge on any atom is 0.267 e. The summed E-state index contributed by atoms with van der Waals surface area (Å²) in [5.74, 6) is -0.0295. The molecule has 0 spiro atoms. The average Bonchev–Trinajstić information content (AvgIpc) is 2.04. The van der Waals surface area contributed by atoms with Crippen molar-refractivity contribution in [1.82, 2.24) is 4.98 Å². The third-order valence-electron chi connectivity index (χ3n) is 1.57. The summed E-state index contributed by atoms with van der Waals surface area (Å²) in [4.78, 5) is 3.55. The van der Waals surface area contributed by atoms with Crippen molar-refractivity contribution in [2.45, 2.75) is 12.3 Å². The number of hydrogen-bond donors (Lipinski definition) is 1. The van der Waals surface area contributed by atoms with Crippen LogP contribution in [0, 0.1) is 0 Å². The van der Waals surface area contributed by atoms with Crippen LogP contribution in [-0.4, -0.2) is 4.98 Å². The maximum atomic E-state index is 12.3. The van der Waals surface area contributed by atoms with Crippen LogP contribution in [-0.2, 0) is 5.88 Å². The summed E-state index contributed by atoms with van der Waals surface area (Å²) in [7, 11) is 0. The van der Waals surface area contributed by atoms with Crippen LogP contribution in [0.4, 0.5) is 14.5 Å². The molecule has 0 aromatic carbocycles. The number of pyridine rings is 1. The highest BCUT2D eigenvalue weighted by molar-refractivity contribution is 6.31. The molecule has 0 radical (unpaired) electrons. The molecule has 1 aromatic heterocycles. The molecule has 2 N–H and O–H groups in total. The predicted octanol–water partition coefficient (Wildman–Crippen LogP) is 2.99. The summed E-state index contributed by atoms with van der Waals surface area (Å²) in [6.07, 6.45) is -1.70. The molecular weight excluding hydrogens is 221 g/mol. The standard InChI is InChI=1S/C7H6Cl2F2N2/c8-1-3-5(12)4(7(10)11)2-13-6(3)9/h2,7H,1H2,(H2,12,13). The molecule has 1 aromatic rings. The Kier molecular flexibility index (Phi) is 3.27. The number of anilines is 1. The Morgan fingerprint density at radius 1 is 1.54 bits per heavy atom. The normalized spacial score (nSPS) is 10.8. The maximum absolute atomic E-state index is 12.3. The summed E-state index contributed by atoms with van der Waals surface area (Å²) in [6, 6.07) is 0. The summed E-state index contributed by atoms with van der Waals surface area (Å²) < 4.78 is 24.5. The van der Waals surface area contributed by atoms with E-state index < -0.39 is 6.43 Å². The second-order valence-corrected chi connectivity index (χ2v) is 2.96. The fraction of sp³-hybridized carbons (Fsp3) is 0.286. The molecule has 6 heteroatoms. The van der Waals surface area contributed by atoms with Gasteiger partial charge >= 0.3 is 0 Å². The van der Waals surface area contributed by atoms with E-state index in [1.165, 1.54) is 0 Å². The van der Waals surface area contributed by atoms with Crippen LogP contribution in [0.5, 0.6) is 0 Å². The largest absolute Gasteiger partial charge is 0.398 e. The first kappa shape index (κ1) is 10.5. The molecule has 1 rings (SSSR count). The molecule has 0 bridgehead atoms. The lowest BCUT2D eigenvalue weighted by Crippen LogP contribution is -2.01. The van der Waals surface area contributed by atoms with Gasteiger partial charge in [-0.1, -0.05) is 11.6 Å². The van der Waals surface area contributed by atoms with E-state index in [4.69, 9.17) is 28.9 Å². The van der Waals surface area contributed by atoms with E-state index in [0.717, 1.165) is 6.20 Å². The number of nitrogen functional groups attached to an aromatic ring is 1. The van der Waals surface area contributed by atoms with Crippen LogP contribution < -0.4 is 5.73 Å². The van der Waals surface area contributed by atoms with E-state index in [0.29, 0.717) is 0 Å². The average molecular weight is 227 g/mol. The van der Waals surface area contributed by atoms with Gasteiger partial charge in [-0.25, -0.2) is 13.8 Å². The van der Waals surface area contributed by atoms with E-state index in [2.05, 4.69) is 4.98 Å². The summed E-state index contributed by atoms with van der Waals surface area (Å²) in [5, 5.41) is 0.0666. The minimum absolute atomic E-state index is 0.0295. The molecule has 0 aliphatic heterocycles. The number of rotatable bonds is 2. The minimum Gasteiger partial charge on any atom is -0.398 e. The van der Waals surface area contributed by atoms with Crippen LogP contribution in [0.3, 0.4) is 0 Å². The molecule has 2 nitrogen and oxygen atoms in total. The van der Waals surface area contributed by atoms with E-state index in [-0.39, 0.29) is 27.8 Å². The molecule has 1 heterocycles. The second-order valence-electron chi connectivity index (χ2n) is 2.33. The van der Waals surface area contributed by atoms with Crippen molar-refractivity contribution in [3.05, 3.63) is 22.5 Å². The van der Waals surface area contributed by atoms with Gasteiger partial charge in [0.25, 0.3) is 6.43 Å². The van der Waals surface area contributed by atoms with E-state index >= 15 is 0 Å². The third kappa shape index (κ3) is 2.00. The molecule has 0 fully saturated rings. The molecule has 0 saturated heterocycles. The van der Waals surface area contributed by atoms with Crippen LogP contribution in [0.1, 0.15) is 17.6 Å². The molecule has 0 unspecified atom stereocenters. The van der Waals surface area contributed by atoms with Crippen LogP contribution in [0.15, 0.2) is 6.20 Å². The number of halogens is 4. The fourth-order valence-corrected chi connectivity index (χ4v) is 1.42. The summed E-state index contributed by atoms with van der Waals surface area (Å²) >= 11 is 11.1. The Balaban J connectivity index is 3.27. The topological polar surface area (TPSA) is 38.9 Å². The lowest BCUT2D eigenvalue weighted by Gasteiger charge is -2.08. The molecule has 0 aliphatic rings. The first-order chi connectivity index (χ1) is 6.07. The van der Waals surface area contributed by atoms with E-state index in [1.54, 1.807) is 0 Å². The first-order valence-electron chi connectivity index (χ1n) is 3.34. The summed E-state index contributed by atoms with van der Waals surface area (Å²) in [6.45, 7) is 0. The fourth-order valence-electron chi connectivity index (χ4n) is 0.860. The second kappa shape index (κ2) is 4.07. The van der Waals surface area contributed by atoms with Gasteiger partial charge in [-0.05, 0) is 0 Å². The van der Waals surface area contributed by atoms with Gasteiger partial charge in [0, 0.05) is 17.4 Å². The van der Waals surface area contributed by atoms with Gasteiger partial charge in [-0.15, -0.1) is 11.6 Å². The van der Waals surface area contributed by atoms with E-state index in [1.807, 2.05) is 0 Å². The Bertz CT molecular complexity index is 318. The quantitative estimate of drug-likeness (QED) is 0.622. The van der Waals surface area contributed by atoms with Crippen molar-refractivity contribution in [1.29, 1.82) is 0 Å². The Morgan fingerprint density at radius 3 is 2.62 bits per heavy atom. The monoisotopic (exact) mass is 226 g/mol. The SMILES string of the molecule is Nc1c(C(F)F)cnc(Cl)c1CCl. The highest BCUT2D eigenvalue weighted by Crippen LogP contribution is 2.31. The van der Waals surface area contributed by atoms with Crippen molar-refractivity contribution in [2.24, 2.45) is 0 Å². The Hall–Kier alpha value is -0.610. The van der Waals surface area contributed by atoms with Gasteiger partial charge in [0.05, 0.1) is 11.4 Å². The molecule has 0 saturated carbocycles. The Morgan fingerprint density at radius 2 is 2.15 bits per heavy atom. The molecule has 0 aliphatic carbocycles. The van der Waals surface area contributed by atoms with Crippen molar-refractivity contribution in [2.75, 3.05) is 5.73 Å². The van der Waals surface area contributed by atoms with Crippen molar-refractivity contribution in [3.8, 4) is 0 Å². The van der Waals surface area contributed by atoms with Gasteiger partial charge in [-0.3, -0.25) is 0 Å². The Labute approximate surface area is 83.7 Å². The van der Waals surface area contributed by atoms with Gasteiger partial charge in [0.15, 0.2) is 0 Å². The van der Waals surface area contributed by atoms with Gasteiger partial charge in [0.2, 0.25) is 0 Å². The first-order valence-corrected chi connectivity index (χ1v) is 4.26. The number of alkyl halides is 3. The number of nitrogens with two attached hydrogens (primary N) is 1. The summed E-state index contributed by atoms with van der Waals surface area (Å²) in [5.41, 5.74) is 5.25. The molecule has 0 amide bonds. The molecular formula is C7H6Cl2F2N2. The zero-order chi connectivity index (χ0) is 10.0. The van der Waals surface area contributed by atoms with Crippen molar-refractivity contribution >= 4 is 28.9 Å². The van der Waals surface area contributed by atoms with Crippen LogP contribution in [0.25, 0.3) is 0 Å². The molecule has 13 heavy (non-hydrogen) atoms. The zero-order valence-electron chi connectivity index (χ0n) is 6.40. The highest BCUT2D eigenvalue weighted by Gasteiger charge is 2.16. The number of aromatic nitrogens is 1. The van der Waals surface area contributed by atoms with Crippen LogP contribution in [0.2, 0.25) is 5.15 Å². The van der Waals surface area contributed by atoms with E-state index in [9.17, 15) is 8.78 Å². The van der Waals surface area contributed by atoms with Crippen molar-refractivity contribution < 1.29 is 8.78 Å². The highest BCUT2D eigenvalue weighted by atomic mass is 35.5. The third-order valence-corrected chi connectivity index (χ3v) is 2.16. The van der Waals surface area contributed by atoms with Crippen LogP contribution >= 0.6 is 23.2 Å². The predicted molar refractivity (Wildman–Crippen MR) is 48.2 cm³/mol. The van der Waals surface area contributed by atoms with Gasteiger partial charge in [-0.2, -0.15) is 0 Å². The lowest BCUT2D eigenvalue weighted by molar-refractivity contribution is 0.152. The lowest BCUT2D eigenvalue weighted by atomic mass is 10.2. The molecule has 72 valence electrons. The van der Waals surface area contributed by atoms with Crippen molar-refractivity contribution in [3.63, 3.8) is 0 Å². The molecule has 0 atom stereocenters. The zero-order valence-corrected chi connectivity index (χ0v) is 7.91. The number of nitrogens with zero attached hydrogens (tertiary/aromatic N) is 1. The number of hydrogen-bond acceptors (Lipinski definition) is 2.